The maximum absolute atomic E-state index is 14.9. The van der Waals surface area contributed by atoms with Crippen LogP contribution in [0.1, 0.15) is 38.2 Å². The molecule has 0 radical (unpaired) electrons. The fraction of sp³-hybridized carbons (Fsp3) is 0.333. The number of thiophene rings is 1. The summed E-state index contributed by atoms with van der Waals surface area (Å²) in [4.78, 5) is 0. The number of unbranched alkanes of at least 4 members (excludes halogenated alkanes) is 2. The predicted molar refractivity (Wildman–Crippen MR) is 103 cm³/mol. The lowest BCUT2D eigenvalue weighted by molar-refractivity contribution is 0.309. The summed E-state index contributed by atoms with van der Waals surface area (Å²) >= 11 is 1.17. The quantitative estimate of drug-likeness (QED) is 0.310. The van der Waals surface area contributed by atoms with E-state index < -0.39 is 5.82 Å². The van der Waals surface area contributed by atoms with Crippen LogP contribution in [0.3, 0.4) is 0 Å². The molecular weight excluding hydrogens is 338 g/mol. The van der Waals surface area contributed by atoms with Gasteiger partial charge in [0.05, 0.1) is 16.0 Å². The average molecular weight is 360 g/mol. The first-order valence-corrected chi connectivity index (χ1v) is 9.54. The molecule has 0 saturated carbocycles. The van der Waals surface area contributed by atoms with Gasteiger partial charge >= 0.3 is 0 Å². The zero-order valence-corrected chi connectivity index (χ0v) is 15.2. The van der Waals surface area contributed by atoms with Gasteiger partial charge in [0.15, 0.2) is 11.6 Å². The molecule has 3 rings (SSSR count). The van der Waals surface area contributed by atoms with Crippen molar-refractivity contribution in [1.82, 2.24) is 0 Å². The Morgan fingerprint density at radius 1 is 1.04 bits per heavy atom. The van der Waals surface area contributed by atoms with Gasteiger partial charge in [0.25, 0.3) is 0 Å². The van der Waals surface area contributed by atoms with Crippen LogP contribution in [-0.4, -0.2) is 6.61 Å². The molecule has 0 fully saturated rings. The van der Waals surface area contributed by atoms with Crippen molar-refractivity contribution >= 4 is 31.5 Å². The first-order chi connectivity index (χ1) is 12.2. The van der Waals surface area contributed by atoms with Gasteiger partial charge in [0.1, 0.15) is 5.82 Å². The zero-order chi connectivity index (χ0) is 17.8. The van der Waals surface area contributed by atoms with E-state index in [4.69, 9.17) is 4.74 Å². The Kier molecular flexibility index (Phi) is 5.69. The number of hydrogen-bond donors (Lipinski definition) is 0. The molecule has 0 unspecified atom stereocenters. The van der Waals surface area contributed by atoms with E-state index in [1.165, 1.54) is 11.3 Å². The topological polar surface area (TPSA) is 9.23 Å². The van der Waals surface area contributed by atoms with Gasteiger partial charge in [-0.15, -0.1) is 17.9 Å². The van der Waals surface area contributed by atoms with E-state index in [2.05, 4.69) is 13.5 Å². The lowest BCUT2D eigenvalue weighted by atomic mass is 10.0. The van der Waals surface area contributed by atoms with E-state index in [0.717, 1.165) is 42.0 Å². The van der Waals surface area contributed by atoms with E-state index in [1.54, 1.807) is 12.1 Å². The van der Waals surface area contributed by atoms with Gasteiger partial charge in [0.2, 0.25) is 0 Å². The lowest BCUT2D eigenvalue weighted by Crippen LogP contribution is -1.97. The second-order valence-corrected chi connectivity index (χ2v) is 7.18. The highest BCUT2D eigenvalue weighted by Gasteiger charge is 2.17. The summed E-state index contributed by atoms with van der Waals surface area (Å²) in [5.41, 5.74) is 0.718. The summed E-state index contributed by atoms with van der Waals surface area (Å²) in [6, 6.07) is 7.19. The van der Waals surface area contributed by atoms with Gasteiger partial charge < -0.3 is 4.74 Å². The van der Waals surface area contributed by atoms with Crippen molar-refractivity contribution in [3.05, 3.63) is 54.1 Å². The Bertz CT molecular complexity index is 898. The van der Waals surface area contributed by atoms with E-state index in [1.807, 2.05) is 18.2 Å². The maximum Gasteiger partial charge on any atom is 0.182 e. The number of aryl methyl sites for hydroxylation is 1. The van der Waals surface area contributed by atoms with Crippen molar-refractivity contribution in [2.45, 2.75) is 39.0 Å². The Balaban J connectivity index is 2.01. The molecule has 0 aliphatic rings. The van der Waals surface area contributed by atoms with Crippen LogP contribution in [0.15, 0.2) is 36.9 Å². The smallest absolute Gasteiger partial charge is 0.182 e. The van der Waals surface area contributed by atoms with Crippen LogP contribution in [-0.2, 0) is 6.42 Å². The van der Waals surface area contributed by atoms with Gasteiger partial charge in [-0.05, 0) is 37.0 Å². The number of hydrogen-bond acceptors (Lipinski definition) is 2. The molecule has 1 nitrogen and oxygen atoms in total. The predicted octanol–water partition coefficient (Wildman–Crippen LogP) is 7.02. The van der Waals surface area contributed by atoms with E-state index in [9.17, 15) is 8.78 Å². The number of halogens is 2. The Labute approximate surface area is 150 Å². The summed E-state index contributed by atoms with van der Waals surface area (Å²) in [5, 5.41) is 1.51. The monoisotopic (exact) mass is 360 g/mol. The van der Waals surface area contributed by atoms with Crippen molar-refractivity contribution in [3.63, 3.8) is 0 Å². The normalized spacial score (nSPS) is 11.3. The van der Waals surface area contributed by atoms with Gasteiger partial charge in [0, 0.05) is 10.8 Å². The second-order valence-electron chi connectivity index (χ2n) is 6.15. The molecular formula is C21H22F2OS. The standard InChI is InChI=1S/C21H22F2OS/c1-3-5-7-8-14-9-10-15-16-11-12-17(24-13-6-4-2)19(23)21(16)25-20(15)18(14)22/h4,9-12H,2-3,5-8,13H2,1H3. The fourth-order valence-corrected chi connectivity index (χ4v) is 4.17. The molecule has 0 spiro atoms. The van der Waals surface area contributed by atoms with Crippen molar-refractivity contribution in [2.24, 2.45) is 0 Å². The number of benzene rings is 2. The second kappa shape index (κ2) is 7.96. The third kappa shape index (κ3) is 3.54. The third-order valence-electron chi connectivity index (χ3n) is 4.36. The van der Waals surface area contributed by atoms with Gasteiger partial charge in [-0.25, -0.2) is 8.78 Å². The molecule has 0 N–H and O–H groups in total. The van der Waals surface area contributed by atoms with Crippen LogP contribution in [0.25, 0.3) is 20.2 Å². The van der Waals surface area contributed by atoms with Gasteiger partial charge in [-0.2, -0.15) is 0 Å². The summed E-state index contributed by atoms with van der Waals surface area (Å²) < 4.78 is 36.1. The molecule has 0 bridgehead atoms. The van der Waals surface area contributed by atoms with Crippen LogP contribution in [0, 0.1) is 11.6 Å². The molecule has 3 aromatic rings. The molecule has 0 aliphatic carbocycles. The highest BCUT2D eigenvalue weighted by Crippen LogP contribution is 2.40. The van der Waals surface area contributed by atoms with E-state index in [0.29, 0.717) is 22.4 Å². The highest BCUT2D eigenvalue weighted by atomic mass is 32.1. The molecule has 1 aromatic heterocycles. The minimum Gasteiger partial charge on any atom is -0.490 e. The van der Waals surface area contributed by atoms with Gasteiger partial charge in [-0.3, -0.25) is 0 Å². The Morgan fingerprint density at radius 2 is 1.76 bits per heavy atom. The first-order valence-electron chi connectivity index (χ1n) is 8.73. The third-order valence-corrected chi connectivity index (χ3v) is 5.57. The summed E-state index contributed by atoms with van der Waals surface area (Å²) in [5.74, 6) is -0.400. The van der Waals surface area contributed by atoms with Crippen LogP contribution in [0.4, 0.5) is 8.78 Å². The first kappa shape index (κ1) is 17.9. The van der Waals surface area contributed by atoms with Crippen LogP contribution < -0.4 is 4.74 Å². The molecule has 0 aliphatic heterocycles. The van der Waals surface area contributed by atoms with E-state index in [-0.39, 0.29) is 11.6 Å². The molecule has 4 heteroatoms. The minimum atomic E-state index is -0.408. The van der Waals surface area contributed by atoms with Crippen LogP contribution >= 0.6 is 11.3 Å². The maximum atomic E-state index is 14.9. The summed E-state index contributed by atoms with van der Waals surface area (Å²) in [6.45, 7) is 6.13. The number of rotatable bonds is 8. The van der Waals surface area contributed by atoms with Crippen LogP contribution in [0.2, 0.25) is 0 Å². The van der Waals surface area contributed by atoms with Crippen molar-refractivity contribution in [2.75, 3.05) is 6.61 Å². The largest absolute Gasteiger partial charge is 0.490 e. The molecule has 132 valence electrons. The van der Waals surface area contributed by atoms with Crippen LogP contribution in [0.5, 0.6) is 5.75 Å². The molecule has 0 atom stereocenters. The Morgan fingerprint density at radius 3 is 2.48 bits per heavy atom. The van der Waals surface area contributed by atoms with Crippen molar-refractivity contribution in [1.29, 1.82) is 0 Å². The Hall–Kier alpha value is -1.94. The number of ether oxygens (including phenoxy) is 1. The summed E-state index contributed by atoms with van der Waals surface area (Å²) in [7, 11) is 0. The zero-order valence-electron chi connectivity index (χ0n) is 14.4. The fourth-order valence-electron chi connectivity index (χ4n) is 2.98. The molecule has 2 aromatic carbocycles. The van der Waals surface area contributed by atoms with E-state index >= 15 is 0 Å². The van der Waals surface area contributed by atoms with Crippen molar-refractivity contribution < 1.29 is 13.5 Å². The summed E-state index contributed by atoms with van der Waals surface area (Å²) in [6.07, 6.45) is 6.27. The SMILES string of the molecule is C=CCCOc1ccc2c(sc3c(F)c(CCCCC)ccc32)c1F. The molecule has 25 heavy (non-hydrogen) atoms. The molecule has 0 saturated heterocycles. The van der Waals surface area contributed by atoms with Gasteiger partial charge in [-0.1, -0.05) is 38.0 Å². The lowest BCUT2D eigenvalue weighted by Gasteiger charge is -2.06. The molecule has 0 amide bonds. The average Bonchev–Trinajstić information content (AvgIpc) is 3.00. The minimum absolute atomic E-state index is 0.205. The number of fused-ring (bicyclic) bond motifs is 3. The molecule has 1 heterocycles. The van der Waals surface area contributed by atoms with Crippen molar-refractivity contribution in [3.8, 4) is 5.75 Å². The highest BCUT2D eigenvalue weighted by molar-refractivity contribution is 7.25.